The van der Waals surface area contributed by atoms with Crippen LogP contribution in [0.25, 0.3) is 11.0 Å². The first kappa shape index (κ1) is 19.4. The van der Waals surface area contributed by atoms with Crippen LogP contribution in [0.5, 0.6) is 0 Å². The Bertz CT molecular complexity index is 1190. The maximum atomic E-state index is 12.1. The lowest BCUT2D eigenvalue weighted by Crippen LogP contribution is -2.42. The number of sulfonamides is 1. The highest BCUT2D eigenvalue weighted by Gasteiger charge is 2.33. The molecule has 2 atom stereocenters. The molecule has 3 aromatic rings. The highest BCUT2D eigenvalue weighted by Crippen LogP contribution is 2.36. The highest BCUT2D eigenvalue weighted by molar-refractivity contribution is 7.88. The number of aromatic nitrogens is 4. The highest BCUT2D eigenvalue weighted by atomic mass is 32.2. The lowest BCUT2D eigenvalue weighted by Gasteiger charge is -2.38. The Kier molecular flexibility index (Phi) is 4.74. The van der Waals surface area contributed by atoms with Gasteiger partial charge in [0.2, 0.25) is 10.0 Å². The van der Waals surface area contributed by atoms with E-state index in [2.05, 4.69) is 43.9 Å². The average Bonchev–Trinajstić information content (AvgIpc) is 3.21. The van der Waals surface area contributed by atoms with Crippen LogP contribution in [0, 0.1) is 0 Å². The molecule has 2 aliphatic rings. The molecule has 158 valence electrons. The van der Waals surface area contributed by atoms with Crippen molar-refractivity contribution in [3.63, 3.8) is 0 Å². The fourth-order valence-electron chi connectivity index (χ4n) is 4.87. The molecule has 0 radical (unpaired) electrons. The van der Waals surface area contributed by atoms with Crippen molar-refractivity contribution in [2.45, 2.75) is 44.7 Å². The summed E-state index contributed by atoms with van der Waals surface area (Å²) in [6.07, 6.45) is 9.32. The summed E-state index contributed by atoms with van der Waals surface area (Å²) in [5.74, 6) is 0.102. The number of fused-ring (bicyclic) bond motifs is 2. The van der Waals surface area contributed by atoms with Gasteiger partial charge in [0.05, 0.1) is 17.6 Å². The number of hydrogen-bond donors (Lipinski definition) is 1. The van der Waals surface area contributed by atoms with E-state index in [-0.39, 0.29) is 5.92 Å². The van der Waals surface area contributed by atoms with Gasteiger partial charge in [-0.1, -0.05) is 0 Å². The Labute approximate surface area is 176 Å². The fourth-order valence-corrected chi connectivity index (χ4v) is 5.78. The van der Waals surface area contributed by atoms with Gasteiger partial charge in [0.25, 0.3) is 0 Å². The van der Waals surface area contributed by atoms with Gasteiger partial charge < -0.3 is 9.88 Å². The first-order chi connectivity index (χ1) is 14.4. The van der Waals surface area contributed by atoms with Crippen LogP contribution < -0.4 is 4.90 Å². The van der Waals surface area contributed by atoms with Crippen molar-refractivity contribution in [2.24, 2.45) is 0 Å². The van der Waals surface area contributed by atoms with E-state index in [1.807, 2.05) is 12.4 Å². The minimum Gasteiger partial charge on any atom is -0.363 e. The molecule has 1 unspecified atom stereocenters. The molecule has 0 bridgehead atoms. The van der Waals surface area contributed by atoms with Crippen LogP contribution in [-0.2, 0) is 23.0 Å². The molecule has 0 saturated carbocycles. The second-order valence-corrected chi connectivity index (χ2v) is 10.4. The first-order valence-corrected chi connectivity index (χ1v) is 12.2. The van der Waals surface area contributed by atoms with Crippen LogP contribution >= 0.6 is 0 Å². The third-order valence-electron chi connectivity index (χ3n) is 6.40. The number of anilines is 1. The summed E-state index contributed by atoms with van der Waals surface area (Å²) in [5.41, 5.74) is 5.27. The third kappa shape index (κ3) is 3.35. The summed E-state index contributed by atoms with van der Waals surface area (Å²) in [6, 6.07) is 4.42. The Morgan fingerprint density at radius 1 is 1.20 bits per heavy atom. The van der Waals surface area contributed by atoms with E-state index in [9.17, 15) is 8.42 Å². The van der Waals surface area contributed by atoms with Crippen LogP contribution in [0.15, 0.2) is 30.9 Å². The summed E-state index contributed by atoms with van der Waals surface area (Å²) < 4.78 is 25.8. The molecular weight excluding hydrogens is 400 g/mol. The predicted molar refractivity (Wildman–Crippen MR) is 116 cm³/mol. The molecule has 8 nitrogen and oxygen atoms in total. The number of hydrogen-bond acceptors (Lipinski definition) is 6. The zero-order valence-electron chi connectivity index (χ0n) is 17.2. The number of nitrogens with zero attached hydrogens (tertiary/aromatic N) is 5. The monoisotopic (exact) mass is 426 g/mol. The number of piperidine rings is 1. The maximum Gasteiger partial charge on any atom is 0.211 e. The lowest BCUT2D eigenvalue weighted by molar-refractivity contribution is 0.312. The second-order valence-electron chi connectivity index (χ2n) is 8.40. The summed E-state index contributed by atoms with van der Waals surface area (Å²) in [7, 11) is -3.20. The van der Waals surface area contributed by atoms with Gasteiger partial charge in [0, 0.05) is 67.0 Å². The molecule has 1 saturated heterocycles. The van der Waals surface area contributed by atoms with Crippen molar-refractivity contribution < 1.29 is 8.42 Å². The van der Waals surface area contributed by atoms with E-state index >= 15 is 0 Å². The third-order valence-corrected chi connectivity index (χ3v) is 7.67. The largest absolute Gasteiger partial charge is 0.363 e. The fraction of sp³-hybridized carbons (Fsp3) is 0.476. The molecule has 5 heterocycles. The zero-order valence-corrected chi connectivity index (χ0v) is 18.1. The van der Waals surface area contributed by atoms with Crippen molar-refractivity contribution in [3.8, 4) is 0 Å². The van der Waals surface area contributed by atoms with Crippen molar-refractivity contribution in [1.29, 1.82) is 0 Å². The van der Waals surface area contributed by atoms with Gasteiger partial charge in [0.15, 0.2) is 0 Å². The van der Waals surface area contributed by atoms with E-state index in [1.54, 1.807) is 10.6 Å². The van der Waals surface area contributed by atoms with E-state index in [4.69, 9.17) is 0 Å². The molecule has 2 aliphatic heterocycles. The van der Waals surface area contributed by atoms with Gasteiger partial charge in [-0.2, -0.15) is 0 Å². The zero-order chi connectivity index (χ0) is 20.9. The molecule has 30 heavy (non-hydrogen) atoms. The number of nitrogens with one attached hydrogen (secondary N) is 1. The molecule has 0 spiro atoms. The van der Waals surface area contributed by atoms with E-state index < -0.39 is 10.0 Å². The van der Waals surface area contributed by atoms with E-state index in [0.717, 1.165) is 52.9 Å². The Balaban J connectivity index is 1.52. The molecule has 9 heteroatoms. The Morgan fingerprint density at radius 3 is 2.90 bits per heavy atom. The van der Waals surface area contributed by atoms with Gasteiger partial charge in [-0.3, -0.25) is 0 Å². The number of H-pyrrole nitrogens is 1. The smallest absolute Gasteiger partial charge is 0.211 e. The standard InChI is InChI=1S/C21H26N6O2S/c1-14-10-18-17(12-27(14)19-6-8-23-21-16(19)5-7-22-21)20(25-13-24-18)15-4-3-9-26(11-15)30(2,28)29/h5-8,13-15H,3-4,9-12H2,1-2H3,(H,22,23)/t14-,15?/m1/s1. The Hall–Kier alpha value is -2.52. The molecule has 3 aromatic heterocycles. The van der Waals surface area contributed by atoms with Gasteiger partial charge in [-0.25, -0.2) is 27.7 Å². The quantitative estimate of drug-likeness (QED) is 0.691. The number of aromatic amines is 1. The Morgan fingerprint density at radius 2 is 2.07 bits per heavy atom. The number of rotatable bonds is 3. The number of pyridine rings is 1. The maximum absolute atomic E-state index is 12.1. The van der Waals surface area contributed by atoms with Gasteiger partial charge in [-0.15, -0.1) is 0 Å². The van der Waals surface area contributed by atoms with E-state index in [1.165, 1.54) is 6.26 Å². The van der Waals surface area contributed by atoms with Crippen molar-refractivity contribution in [1.82, 2.24) is 24.2 Å². The summed E-state index contributed by atoms with van der Waals surface area (Å²) in [6.45, 7) is 4.02. The molecular formula is C21H26N6O2S. The summed E-state index contributed by atoms with van der Waals surface area (Å²) >= 11 is 0. The van der Waals surface area contributed by atoms with Gasteiger partial charge in [0.1, 0.15) is 12.0 Å². The van der Waals surface area contributed by atoms with Crippen LogP contribution in [0.4, 0.5) is 5.69 Å². The molecule has 1 N–H and O–H groups in total. The van der Waals surface area contributed by atoms with Crippen LogP contribution in [-0.4, -0.2) is 58.0 Å². The molecule has 5 rings (SSSR count). The van der Waals surface area contributed by atoms with Crippen molar-refractivity contribution >= 4 is 26.7 Å². The van der Waals surface area contributed by atoms with Crippen LogP contribution in [0.1, 0.15) is 42.6 Å². The lowest BCUT2D eigenvalue weighted by atomic mass is 9.88. The predicted octanol–water partition coefficient (Wildman–Crippen LogP) is 2.44. The van der Waals surface area contributed by atoms with Gasteiger partial charge in [-0.05, 0) is 31.9 Å². The van der Waals surface area contributed by atoms with Crippen molar-refractivity contribution in [2.75, 3.05) is 24.2 Å². The van der Waals surface area contributed by atoms with Crippen LogP contribution in [0.2, 0.25) is 0 Å². The minimum atomic E-state index is -3.20. The second kappa shape index (κ2) is 7.31. The first-order valence-electron chi connectivity index (χ1n) is 10.4. The van der Waals surface area contributed by atoms with Crippen molar-refractivity contribution in [3.05, 3.63) is 47.8 Å². The topological polar surface area (TPSA) is 95.1 Å². The van der Waals surface area contributed by atoms with Gasteiger partial charge >= 0.3 is 0 Å². The van der Waals surface area contributed by atoms with Crippen LogP contribution in [0.3, 0.4) is 0 Å². The average molecular weight is 427 g/mol. The molecule has 0 aromatic carbocycles. The molecule has 0 amide bonds. The SMILES string of the molecule is C[C@@H]1Cc2ncnc(C3CCCN(S(C)(=O)=O)C3)c2CN1c1ccnc2[nH]ccc12. The van der Waals surface area contributed by atoms with E-state index in [0.29, 0.717) is 25.7 Å². The normalized spacial score (nSPS) is 22.9. The molecule has 1 fully saturated rings. The molecule has 0 aliphatic carbocycles. The summed E-state index contributed by atoms with van der Waals surface area (Å²) in [4.78, 5) is 19.2. The summed E-state index contributed by atoms with van der Waals surface area (Å²) in [5, 5.41) is 1.10. The minimum absolute atomic E-state index is 0.102.